The molecule has 1 aromatic carbocycles. The maximum atomic E-state index is 13.0. The Bertz CT molecular complexity index is 844. The van der Waals surface area contributed by atoms with Crippen LogP contribution in [-0.2, 0) is 9.53 Å². The standard InChI is InChI=1S/C21H23N3O3/c1-14-6-8-15(9-7-14)24-18(20-17(21(24)26)5-2-10-22-20)12-19(25)23-13-16-4-3-11-27-16/h2,5-10,16,18H,3-4,11-13H2,1H3,(H,23,25)/t16-,18+/m1/s1. The number of carbonyl (C=O) groups is 2. The van der Waals surface area contributed by atoms with Crippen molar-refractivity contribution in [1.82, 2.24) is 10.3 Å². The summed E-state index contributed by atoms with van der Waals surface area (Å²) in [5.41, 5.74) is 3.12. The highest BCUT2D eigenvalue weighted by molar-refractivity contribution is 6.11. The Morgan fingerprint density at radius 2 is 2.11 bits per heavy atom. The zero-order valence-electron chi connectivity index (χ0n) is 15.4. The van der Waals surface area contributed by atoms with E-state index in [0.29, 0.717) is 17.8 Å². The van der Waals surface area contributed by atoms with E-state index in [0.717, 1.165) is 30.7 Å². The molecule has 2 aliphatic heterocycles. The fourth-order valence-electron chi connectivity index (χ4n) is 3.73. The van der Waals surface area contributed by atoms with E-state index in [1.54, 1.807) is 23.2 Å². The summed E-state index contributed by atoms with van der Waals surface area (Å²) in [6, 6.07) is 10.9. The highest BCUT2D eigenvalue weighted by Gasteiger charge is 2.39. The van der Waals surface area contributed by atoms with E-state index in [2.05, 4.69) is 10.3 Å². The maximum Gasteiger partial charge on any atom is 0.260 e. The third-order valence-electron chi connectivity index (χ3n) is 5.16. The van der Waals surface area contributed by atoms with Gasteiger partial charge in [0.1, 0.15) is 0 Å². The normalized spacial score (nSPS) is 21.4. The second-order valence-corrected chi connectivity index (χ2v) is 7.11. The number of nitrogens with zero attached hydrogens (tertiary/aromatic N) is 2. The number of carbonyl (C=O) groups excluding carboxylic acids is 2. The molecule has 2 aromatic rings. The van der Waals surface area contributed by atoms with Gasteiger partial charge in [-0.05, 0) is 44.0 Å². The molecule has 4 rings (SSSR count). The Kier molecular flexibility index (Phi) is 4.90. The number of aryl methyl sites for hydroxylation is 1. The van der Waals surface area contributed by atoms with E-state index in [-0.39, 0.29) is 24.3 Å². The minimum Gasteiger partial charge on any atom is -0.376 e. The first-order chi connectivity index (χ1) is 13.1. The molecule has 2 aliphatic rings. The summed E-state index contributed by atoms with van der Waals surface area (Å²) in [4.78, 5) is 31.6. The molecule has 2 amide bonds. The number of anilines is 1. The SMILES string of the molecule is Cc1ccc(N2C(=O)c3cccnc3[C@@H]2CC(=O)NC[C@H]2CCCO2)cc1. The number of rotatable bonds is 5. The number of ether oxygens (including phenoxy) is 1. The third-order valence-corrected chi connectivity index (χ3v) is 5.16. The van der Waals surface area contributed by atoms with Crippen molar-refractivity contribution in [2.75, 3.05) is 18.1 Å². The number of nitrogens with one attached hydrogen (secondary N) is 1. The van der Waals surface area contributed by atoms with E-state index in [1.807, 2.05) is 31.2 Å². The topological polar surface area (TPSA) is 71.5 Å². The van der Waals surface area contributed by atoms with Gasteiger partial charge in [-0.2, -0.15) is 0 Å². The van der Waals surface area contributed by atoms with Gasteiger partial charge < -0.3 is 10.1 Å². The quantitative estimate of drug-likeness (QED) is 0.884. The Morgan fingerprint density at radius 3 is 2.85 bits per heavy atom. The van der Waals surface area contributed by atoms with Gasteiger partial charge >= 0.3 is 0 Å². The summed E-state index contributed by atoms with van der Waals surface area (Å²) >= 11 is 0. The highest BCUT2D eigenvalue weighted by atomic mass is 16.5. The first-order valence-electron chi connectivity index (χ1n) is 9.37. The fourth-order valence-corrected chi connectivity index (χ4v) is 3.73. The molecule has 0 unspecified atom stereocenters. The molecular weight excluding hydrogens is 342 g/mol. The molecule has 0 radical (unpaired) electrons. The number of fused-ring (bicyclic) bond motifs is 1. The molecule has 1 N–H and O–H groups in total. The molecule has 1 aromatic heterocycles. The molecule has 27 heavy (non-hydrogen) atoms. The first-order valence-corrected chi connectivity index (χ1v) is 9.37. The monoisotopic (exact) mass is 365 g/mol. The number of aromatic nitrogens is 1. The number of amides is 2. The van der Waals surface area contributed by atoms with Crippen LogP contribution >= 0.6 is 0 Å². The smallest absolute Gasteiger partial charge is 0.260 e. The van der Waals surface area contributed by atoms with Crippen LogP contribution in [0.1, 0.15) is 46.9 Å². The van der Waals surface area contributed by atoms with Crippen molar-refractivity contribution in [2.45, 2.75) is 38.3 Å². The Hall–Kier alpha value is -2.73. The lowest BCUT2D eigenvalue weighted by Crippen LogP contribution is -2.36. The lowest BCUT2D eigenvalue weighted by Gasteiger charge is -2.25. The van der Waals surface area contributed by atoms with Gasteiger partial charge in [-0.1, -0.05) is 17.7 Å². The molecule has 1 saturated heterocycles. The van der Waals surface area contributed by atoms with Crippen LogP contribution in [-0.4, -0.2) is 36.1 Å². The zero-order valence-corrected chi connectivity index (χ0v) is 15.4. The Labute approximate surface area is 158 Å². The van der Waals surface area contributed by atoms with Crippen molar-refractivity contribution in [3.63, 3.8) is 0 Å². The van der Waals surface area contributed by atoms with Crippen molar-refractivity contribution >= 4 is 17.5 Å². The third kappa shape index (κ3) is 3.57. The van der Waals surface area contributed by atoms with Gasteiger partial charge in [0.25, 0.3) is 5.91 Å². The van der Waals surface area contributed by atoms with Gasteiger partial charge in [-0.15, -0.1) is 0 Å². The van der Waals surface area contributed by atoms with Gasteiger partial charge in [0.15, 0.2) is 0 Å². The minimum absolute atomic E-state index is 0.0952. The Morgan fingerprint density at radius 1 is 1.30 bits per heavy atom. The van der Waals surface area contributed by atoms with Crippen LogP contribution in [0, 0.1) is 6.92 Å². The van der Waals surface area contributed by atoms with Crippen LogP contribution in [0.3, 0.4) is 0 Å². The van der Waals surface area contributed by atoms with E-state index >= 15 is 0 Å². The van der Waals surface area contributed by atoms with E-state index < -0.39 is 6.04 Å². The molecule has 3 heterocycles. The molecule has 0 aliphatic carbocycles. The molecule has 6 heteroatoms. The lowest BCUT2D eigenvalue weighted by molar-refractivity contribution is -0.121. The van der Waals surface area contributed by atoms with Gasteiger partial charge in [-0.3, -0.25) is 19.5 Å². The predicted octanol–water partition coefficient (Wildman–Crippen LogP) is 2.78. The molecule has 140 valence electrons. The maximum absolute atomic E-state index is 13.0. The lowest BCUT2D eigenvalue weighted by atomic mass is 10.1. The average Bonchev–Trinajstić information content (AvgIpc) is 3.29. The molecular formula is C21H23N3O3. The van der Waals surface area contributed by atoms with Crippen LogP contribution in [0.5, 0.6) is 0 Å². The number of hydrogen-bond donors (Lipinski definition) is 1. The fraction of sp³-hybridized carbons (Fsp3) is 0.381. The summed E-state index contributed by atoms with van der Waals surface area (Å²) in [7, 11) is 0. The van der Waals surface area contributed by atoms with Crippen LogP contribution in [0.4, 0.5) is 5.69 Å². The Balaban J connectivity index is 1.55. The second-order valence-electron chi connectivity index (χ2n) is 7.11. The van der Waals surface area contributed by atoms with Crippen molar-refractivity contribution in [3.8, 4) is 0 Å². The highest BCUT2D eigenvalue weighted by Crippen LogP contribution is 2.38. The van der Waals surface area contributed by atoms with E-state index in [9.17, 15) is 9.59 Å². The molecule has 0 spiro atoms. The van der Waals surface area contributed by atoms with Crippen LogP contribution in [0.2, 0.25) is 0 Å². The number of benzene rings is 1. The largest absolute Gasteiger partial charge is 0.376 e. The molecule has 0 bridgehead atoms. The van der Waals surface area contributed by atoms with Gasteiger partial charge in [0.2, 0.25) is 5.91 Å². The van der Waals surface area contributed by atoms with Crippen LogP contribution in [0.15, 0.2) is 42.6 Å². The molecule has 6 nitrogen and oxygen atoms in total. The number of pyridine rings is 1. The van der Waals surface area contributed by atoms with Gasteiger partial charge in [0, 0.05) is 25.0 Å². The summed E-state index contributed by atoms with van der Waals surface area (Å²) in [6.45, 7) is 3.27. The minimum atomic E-state index is -0.402. The van der Waals surface area contributed by atoms with Crippen molar-refractivity contribution in [2.24, 2.45) is 0 Å². The van der Waals surface area contributed by atoms with Crippen molar-refractivity contribution < 1.29 is 14.3 Å². The van der Waals surface area contributed by atoms with Crippen molar-refractivity contribution in [3.05, 3.63) is 59.4 Å². The average molecular weight is 365 g/mol. The summed E-state index contributed by atoms with van der Waals surface area (Å²) < 4.78 is 5.56. The van der Waals surface area contributed by atoms with Gasteiger partial charge in [-0.25, -0.2) is 0 Å². The van der Waals surface area contributed by atoms with Crippen molar-refractivity contribution in [1.29, 1.82) is 0 Å². The van der Waals surface area contributed by atoms with E-state index in [4.69, 9.17) is 4.74 Å². The molecule has 0 saturated carbocycles. The molecule has 2 atom stereocenters. The van der Waals surface area contributed by atoms with Crippen LogP contribution < -0.4 is 10.2 Å². The summed E-state index contributed by atoms with van der Waals surface area (Å²) in [5.74, 6) is -0.210. The second kappa shape index (κ2) is 7.48. The van der Waals surface area contributed by atoms with E-state index in [1.165, 1.54) is 0 Å². The summed E-state index contributed by atoms with van der Waals surface area (Å²) in [5, 5.41) is 2.95. The summed E-state index contributed by atoms with van der Waals surface area (Å²) in [6.07, 6.45) is 3.95. The van der Waals surface area contributed by atoms with Crippen LogP contribution in [0.25, 0.3) is 0 Å². The molecule has 1 fully saturated rings. The first kappa shape index (κ1) is 17.7. The zero-order chi connectivity index (χ0) is 18.8. The predicted molar refractivity (Wildman–Crippen MR) is 102 cm³/mol. The number of hydrogen-bond acceptors (Lipinski definition) is 4. The van der Waals surface area contributed by atoms with Gasteiger partial charge in [0.05, 0.1) is 29.8 Å².